The highest BCUT2D eigenvalue weighted by molar-refractivity contribution is 9.24. The molecule has 84 valence electrons. The van der Waals surface area contributed by atoms with E-state index in [1.165, 1.54) is 0 Å². The molecular formula is C11H14Br2O2. The van der Waals surface area contributed by atoms with Gasteiger partial charge in [0.1, 0.15) is 0 Å². The van der Waals surface area contributed by atoms with Gasteiger partial charge in [0.2, 0.25) is 0 Å². The molecule has 15 heavy (non-hydrogen) atoms. The number of benzene rings is 1. The van der Waals surface area contributed by atoms with E-state index in [-0.39, 0.29) is 3.74 Å². The second-order valence-electron chi connectivity index (χ2n) is 3.28. The molecule has 0 heterocycles. The number of alkyl halides is 2. The molecule has 1 N–H and O–H groups in total. The molecular weight excluding hydrogens is 324 g/mol. The molecule has 1 atom stereocenters. The summed E-state index contributed by atoms with van der Waals surface area (Å²) in [4.78, 5) is 0. The van der Waals surface area contributed by atoms with E-state index in [4.69, 9.17) is 4.74 Å². The van der Waals surface area contributed by atoms with Crippen molar-refractivity contribution in [1.82, 2.24) is 0 Å². The Morgan fingerprint density at radius 1 is 1.20 bits per heavy atom. The van der Waals surface area contributed by atoms with Crippen LogP contribution in [0.15, 0.2) is 30.3 Å². The number of ether oxygens (including phenoxy) is 1. The van der Waals surface area contributed by atoms with Gasteiger partial charge in [-0.1, -0.05) is 62.2 Å². The van der Waals surface area contributed by atoms with E-state index in [0.717, 1.165) is 5.56 Å². The minimum atomic E-state index is -0.433. The quantitative estimate of drug-likeness (QED) is 0.808. The zero-order chi connectivity index (χ0) is 11.1. The number of halogens is 2. The summed E-state index contributed by atoms with van der Waals surface area (Å²) in [5.74, 6) is 0. The van der Waals surface area contributed by atoms with Crippen LogP contribution in [-0.2, 0) is 11.3 Å². The fraction of sp³-hybridized carbons (Fsp3) is 0.455. The number of hydrogen-bond acceptors (Lipinski definition) is 2. The normalized spacial score (nSPS) is 13.1. The third-order valence-electron chi connectivity index (χ3n) is 1.87. The molecule has 1 aromatic carbocycles. The van der Waals surface area contributed by atoms with Crippen molar-refractivity contribution < 1.29 is 9.84 Å². The van der Waals surface area contributed by atoms with Gasteiger partial charge in [0, 0.05) is 0 Å². The van der Waals surface area contributed by atoms with Crippen LogP contribution in [0.1, 0.15) is 12.0 Å². The summed E-state index contributed by atoms with van der Waals surface area (Å²) in [5, 5.41) is 9.51. The van der Waals surface area contributed by atoms with Gasteiger partial charge in [-0.15, -0.1) is 0 Å². The molecule has 0 aromatic heterocycles. The van der Waals surface area contributed by atoms with Gasteiger partial charge < -0.3 is 9.84 Å². The van der Waals surface area contributed by atoms with Gasteiger partial charge in [0.25, 0.3) is 0 Å². The monoisotopic (exact) mass is 336 g/mol. The predicted molar refractivity (Wildman–Crippen MR) is 68.4 cm³/mol. The summed E-state index contributed by atoms with van der Waals surface area (Å²) in [6.45, 7) is 0.912. The second kappa shape index (κ2) is 7.39. The van der Waals surface area contributed by atoms with Crippen LogP contribution >= 0.6 is 31.9 Å². The fourth-order valence-corrected chi connectivity index (χ4v) is 2.02. The summed E-state index contributed by atoms with van der Waals surface area (Å²) in [6.07, 6.45) is 0.201. The van der Waals surface area contributed by atoms with Gasteiger partial charge in [0.05, 0.1) is 23.1 Å². The van der Waals surface area contributed by atoms with Crippen molar-refractivity contribution in [2.45, 2.75) is 22.9 Å². The van der Waals surface area contributed by atoms with Crippen LogP contribution in [0.3, 0.4) is 0 Å². The molecule has 0 bridgehead atoms. The highest BCUT2D eigenvalue weighted by Crippen LogP contribution is 2.15. The Morgan fingerprint density at radius 2 is 1.87 bits per heavy atom. The highest BCUT2D eigenvalue weighted by Gasteiger charge is 2.08. The van der Waals surface area contributed by atoms with Gasteiger partial charge in [0.15, 0.2) is 0 Å². The van der Waals surface area contributed by atoms with Crippen molar-refractivity contribution >= 4 is 31.9 Å². The molecule has 0 aliphatic heterocycles. The maximum Gasteiger partial charge on any atom is 0.0792 e. The van der Waals surface area contributed by atoms with E-state index in [1.54, 1.807) is 0 Å². The van der Waals surface area contributed by atoms with Crippen molar-refractivity contribution in [3.8, 4) is 0 Å². The standard InChI is InChI=1S/C11H14Br2O2/c12-11(13)6-10(14)8-15-7-9-4-2-1-3-5-9/h1-5,10-11,14H,6-8H2. The number of hydrogen-bond donors (Lipinski definition) is 1. The lowest BCUT2D eigenvalue weighted by molar-refractivity contribution is 0.0269. The summed E-state index contributed by atoms with van der Waals surface area (Å²) < 4.78 is 5.53. The first-order valence-electron chi connectivity index (χ1n) is 4.76. The van der Waals surface area contributed by atoms with Crippen LogP contribution < -0.4 is 0 Å². The second-order valence-corrected chi connectivity index (χ2v) is 6.72. The number of aliphatic hydroxyl groups excluding tert-OH is 1. The lowest BCUT2D eigenvalue weighted by Crippen LogP contribution is -2.17. The number of rotatable bonds is 6. The van der Waals surface area contributed by atoms with Gasteiger partial charge in [-0.2, -0.15) is 0 Å². The Morgan fingerprint density at radius 3 is 2.47 bits per heavy atom. The fourth-order valence-electron chi connectivity index (χ4n) is 1.16. The number of aliphatic hydroxyl groups is 1. The van der Waals surface area contributed by atoms with Gasteiger partial charge in [-0.05, 0) is 12.0 Å². The Bertz CT molecular complexity index is 265. The molecule has 4 heteroatoms. The maximum absolute atomic E-state index is 9.51. The SMILES string of the molecule is OC(COCc1ccccc1)CC(Br)Br. The van der Waals surface area contributed by atoms with Crippen molar-refractivity contribution in [3.63, 3.8) is 0 Å². The van der Waals surface area contributed by atoms with E-state index < -0.39 is 6.10 Å². The Kier molecular flexibility index (Phi) is 6.48. The predicted octanol–water partition coefficient (Wildman–Crippen LogP) is 3.07. The Hall–Kier alpha value is 0.1000. The van der Waals surface area contributed by atoms with E-state index in [0.29, 0.717) is 19.6 Å². The minimum Gasteiger partial charge on any atom is -0.391 e. The van der Waals surface area contributed by atoms with Crippen LogP contribution in [0.5, 0.6) is 0 Å². The van der Waals surface area contributed by atoms with Crippen LogP contribution in [-0.4, -0.2) is 21.6 Å². The van der Waals surface area contributed by atoms with Crippen molar-refractivity contribution in [1.29, 1.82) is 0 Å². The third-order valence-corrected chi connectivity index (χ3v) is 2.62. The van der Waals surface area contributed by atoms with E-state index in [1.807, 2.05) is 30.3 Å². The van der Waals surface area contributed by atoms with Crippen LogP contribution in [0.25, 0.3) is 0 Å². The largest absolute Gasteiger partial charge is 0.391 e. The Labute approximate surface area is 107 Å². The van der Waals surface area contributed by atoms with Crippen LogP contribution in [0.4, 0.5) is 0 Å². The van der Waals surface area contributed by atoms with Crippen molar-refractivity contribution in [3.05, 3.63) is 35.9 Å². The molecule has 0 aliphatic carbocycles. The summed E-state index contributed by atoms with van der Waals surface area (Å²) in [7, 11) is 0. The maximum atomic E-state index is 9.51. The summed E-state index contributed by atoms with van der Waals surface area (Å²) >= 11 is 6.63. The third kappa shape index (κ3) is 6.30. The molecule has 0 radical (unpaired) electrons. The average Bonchev–Trinajstić information content (AvgIpc) is 2.18. The van der Waals surface area contributed by atoms with E-state index in [2.05, 4.69) is 31.9 Å². The topological polar surface area (TPSA) is 29.5 Å². The Balaban J connectivity index is 2.16. The molecule has 0 fully saturated rings. The highest BCUT2D eigenvalue weighted by atomic mass is 79.9. The van der Waals surface area contributed by atoms with Gasteiger partial charge >= 0.3 is 0 Å². The van der Waals surface area contributed by atoms with E-state index >= 15 is 0 Å². The molecule has 1 rings (SSSR count). The lowest BCUT2D eigenvalue weighted by Gasteiger charge is -2.11. The van der Waals surface area contributed by atoms with Crippen molar-refractivity contribution in [2.75, 3.05) is 6.61 Å². The molecule has 0 spiro atoms. The minimum absolute atomic E-state index is 0.139. The molecule has 1 aromatic rings. The van der Waals surface area contributed by atoms with Gasteiger partial charge in [-0.25, -0.2) is 0 Å². The lowest BCUT2D eigenvalue weighted by atomic mass is 10.2. The van der Waals surface area contributed by atoms with E-state index in [9.17, 15) is 5.11 Å². The first-order chi connectivity index (χ1) is 7.18. The van der Waals surface area contributed by atoms with Crippen LogP contribution in [0.2, 0.25) is 0 Å². The molecule has 0 amide bonds. The zero-order valence-corrected chi connectivity index (χ0v) is 11.4. The van der Waals surface area contributed by atoms with Crippen molar-refractivity contribution in [2.24, 2.45) is 0 Å². The molecule has 0 saturated carbocycles. The molecule has 1 unspecified atom stereocenters. The zero-order valence-electron chi connectivity index (χ0n) is 8.27. The smallest absolute Gasteiger partial charge is 0.0792 e. The summed E-state index contributed by atoms with van der Waals surface area (Å²) in [6, 6.07) is 9.93. The first-order valence-corrected chi connectivity index (χ1v) is 6.59. The molecule has 2 nitrogen and oxygen atoms in total. The molecule has 0 aliphatic rings. The summed E-state index contributed by atoms with van der Waals surface area (Å²) in [5.41, 5.74) is 1.12. The first kappa shape index (κ1) is 13.2. The van der Waals surface area contributed by atoms with Gasteiger partial charge in [-0.3, -0.25) is 0 Å². The van der Waals surface area contributed by atoms with Crippen LogP contribution in [0, 0.1) is 0 Å². The molecule has 0 saturated heterocycles. The average molecular weight is 338 g/mol.